The second kappa shape index (κ2) is 6.33. The highest BCUT2D eigenvalue weighted by atomic mass is 16.4. The van der Waals surface area contributed by atoms with Crippen LogP contribution in [-0.4, -0.2) is 30.1 Å². The molecule has 0 spiro atoms. The van der Waals surface area contributed by atoms with Gasteiger partial charge in [0.1, 0.15) is 0 Å². The number of benzene rings is 1. The summed E-state index contributed by atoms with van der Waals surface area (Å²) in [7, 11) is 0. The Morgan fingerprint density at radius 2 is 2.05 bits per heavy atom. The van der Waals surface area contributed by atoms with Crippen molar-refractivity contribution < 1.29 is 14.7 Å². The van der Waals surface area contributed by atoms with Crippen molar-refractivity contribution in [2.75, 3.05) is 18.4 Å². The highest BCUT2D eigenvalue weighted by Crippen LogP contribution is 2.15. The number of anilines is 1. The van der Waals surface area contributed by atoms with Crippen LogP contribution >= 0.6 is 0 Å². The summed E-state index contributed by atoms with van der Waals surface area (Å²) in [4.78, 5) is 22.5. The fourth-order valence-electron chi connectivity index (χ4n) is 2.20. The van der Waals surface area contributed by atoms with Gasteiger partial charge in [-0.1, -0.05) is 12.1 Å². The van der Waals surface area contributed by atoms with Gasteiger partial charge >= 0.3 is 5.97 Å². The van der Waals surface area contributed by atoms with E-state index in [0.717, 1.165) is 31.5 Å². The zero-order valence-electron chi connectivity index (χ0n) is 10.7. The van der Waals surface area contributed by atoms with Gasteiger partial charge in [-0.2, -0.15) is 0 Å². The summed E-state index contributed by atoms with van der Waals surface area (Å²) < 4.78 is 0. The van der Waals surface area contributed by atoms with Crippen LogP contribution in [0.5, 0.6) is 0 Å². The fourth-order valence-corrected chi connectivity index (χ4v) is 2.20. The molecule has 1 atom stereocenters. The van der Waals surface area contributed by atoms with Crippen LogP contribution in [0.3, 0.4) is 0 Å². The number of rotatable bonds is 4. The second-order valence-corrected chi connectivity index (χ2v) is 4.80. The number of nitrogens with one attached hydrogen (secondary N) is 2. The van der Waals surface area contributed by atoms with Crippen molar-refractivity contribution in [2.24, 2.45) is 5.92 Å². The van der Waals surface area contributed by atoms with Gasteiger partial charge in [0.2, 0.25) is 5.91 Å². The van der Waals surface area contributed by atoms with E-state index in [2.05, 4.69) is 10.6 Å². The molecule has 2 rings (SSSR count). The third kappa shape index (κ3) is 4.06. The van der Waals surface area contributed by atoms with Gasteiger partial charge in [0.25, 0.3) is 0 Å². The monoisotopic (exact) mass is 262 g/mol. The number of carboxylic acid groups (broad SMARTS) is 1. The van der Waals surface area contributed by atoms with Crippen LogP contribution in [0.1, 0.15) is 18.4 Å². The van der Waals surface area contributed by atoms with Gasteiger partial charge in [-0.25, -0.2) is 0 Å². The molecule has 0 aromatic heterocycles. The fraction of sp³-hybridized carbons (Fsp3) is 0.429. The van der Waals surface area contributed by atoms with Crippen molar-refractivity contribution in [1.29, 1.82) is 0 Å². The lowest BCUT2D eigenvalue weighted by Crippen LogP contribution is -2.37. The van der Waals surface area contributed by atoms with Gasteiger partial charge in [0.05, 0.1) is 12.3 Å². The number of carboxylic acids is 1. The lowest BCUT2D eigenvalue weighted by molar-refractivity contribution is -0.136. The van der Waals surface area contributed by atoms with Gasteiger partial charge in [0.15, 0.2) is 0 Å². The number of hydrogen-bond acceptors (Lipinski definition) is 3. The Morgan fingerprint density at radius 3 is 2.63 bits per heavy atom. The van der Waals surface area contributed by atoms with Crippen molar-refractivity contribution in [3.63, 3.8) is 0 Å². The maximum atomic E-state index is 12.0. The Hall–Kier alpha value is -1.88. The molecule has 1 fully saturated rings. The normalized spacial score (nSPS) is 18.8. The molecule has 5 nitrogen and oxygen atoms in total. The average Bonchev–Trinajstić information content (AvgIpc) is 2.41. The molecule has 102 valence electrons. The van der Waals surface area contributed by atoms with Gasteiger partial charge in [-0.05, 0) is 37.1 Å². The SMILES string of the molecule is O=C(O)Cc1ccc(NC(=O)[C@H]2CCCNC2)cc1. The first kappa shape index (κ1) is 13.5. The van der Waals surface area contributed by atoms with Gasteiger partial charge < -0.3 is 15.7 Å². The van der Waals surface area contributed by atoms with E-state index in [1.807, 2.05) is 0 Å². The van der Waals surface area contributed by atoms with Gasteiger partial charge in [-0.15, -0.1) is 0 Å². The van der Waals surface area contributed by atoms with Crippen LogP contribution in [-0.2, 0) is 16.0 Å². The van der Waals surface area contributed by atoms with E-state index < -0.39 is 5.97 Å². The first-order valence-electron chi connectivity index (χ1n) is 6.47. The molecule has 1 heterocycles. The van der Waals surface area contributed by atoms with Gasteiger partial charge in [0, 0.05) is 12.2 Å². The summed E-state index contributed by atoms with van der Waals surface area (Å²) in [5, 5.41) is 14.7. The third-order valence-corrected chi connectivity index (χ3v) is 3.24. The first-order valence-corrected chi connectivity index (χ1v) is 6.47. The van der Waals surface area contributed by atoms with Crippen LogP contribution in [0.4, 0.5) is 5.69 Å². The zero-order valence-corrected chi connectivity index (χ0v) is 10.7. The second-order valence-electron chi connectivity index (χ2n) is 4.80. The smallest absolute Gasteiger partial charge is 0.307 e. The summed E-state index contributed by atoms with van der Waals surface area (Å²) in [5.41, 5.74) is 1.44. The Labute approximate surface area is 112 Å². The molecule has 0 radical (unpaired) electrons. The number of piperidine rings is 1. The van der Waals surface area contributed by atoms with Crippen LogP contribution in [0.25, 0.3) is 0 Å². The van der Waals surface area contributed by atoms with Gasteiger partial charge in [-0.3, -0.25) is 9.59 Å². The molecule has 1 aliphatic heterocycles. The summed E-state index contributed by atoms with van der Waals surface area (Å²) >= 11 is 0. The van der Waals surface area contributed by atoms with Crippen LogP contribution < -0.4 is 10.6 Å². The Morgan fingerprint density at radius 1 is 1.32 bits per heavy atom. The van der Waals surface area contributed by atoms with Crippen molar-refractivity contribution >= 4 is 17.6 Å². The van der Waals surface area contributed by atoms with Crippen LogP contribution in [0.15, 0.2) is 24.3 Å². The van der Waals surface area contributed by atoms with Crippen molar-refractivity contribution in [3.8, 4) is 0 Å². The van der Waals surface area contributed by atoms with E-state index in [-0.39, 0.29) is 18.2 Å². The number of carbonyl (C=O) groups excluding carboxylic acids is 1. The molecule has 0 bridgehead atoms. The van der Waals surface area contributed by atoms with Crippen molar-refractivity contribution in [2.45, 2.75) is 19.3 Å². The number of amides is 1. The summed E-state index contributed by atoms with van der Waals surface area (Å²) in [6, 6.07) is 6.94. The molecular weight excluding hydrogens is 244 g/mol. The Balaban J connectivity index is 1.91. The number of aliphatic carboxylic acids is 1. The molecule has 0 unspecified atom stereocenters. The first-order chi connectivity index (χ1) is 9.15. The number of carbonyl (C=O) groups is 2. The van der Waals surface area contributed by atoms with Crippen molar-refractivity contribution in [3.05, 3.63) is 29.8 Å². The maximum Gasteiger partial charge on any atom is 0.307 e. The highest BCUT2D eigenvalue weighted by molar-refractivity contribution is 5.92. The van der Waals surface area contributed by atoms with Crippen molar-refractivity contribution in [1.82, 2.24) is 5.32 Å². The molecule has 1 aromatic rings. The minimum atomic E-state index is -0.856. The zero-order chi connectivity index (χ0) is 13.7. The standard InChI is InChI=1S/C14H18N2O3/c17-13(18)8-10-3-5-12(6-4-10)16-14(19)11-2-1-7-15-9-11/h3-6,11,15H,1-2,7-9H2,(H,16,19)(H,17,18)/t11-/m0/s1. The van der Waals surface area contributed by atoms with E-state index in [4.69, 9.17) is 5.11 Å². The minimum Gasteiger partial charge on any atom is -0.481 e. The molecular formula is C14H18N2O3. The molecule has 0 saturated carbocycles. The van der Waals surface area contributed by atoms with E-state index in [1.54, 1.807) is 24.3 Å². The van der Waals surface area contributed by atoms with E-state index in [0.29, 0.717) is 5.69 Å². The van der Waals surface area contributed by atoms with Crippen LogP contribution in [0, 0.1) is 5.92 Å². The Bertz CT molecular complexity index is 450. The summed E-state index contributed by atoms with van der Waals surface area (Å²) in [5.74, 6) is -0.810. The average molecular weight is 262 g/mol. The lowest BCUT2D eigenvalue weighted by atomic mass is 9.99. The lowest BCUT2D eigenvalue weighted by Gasteiger charge is -2.21. The molecule has 5 heteroatoms. The predicted molar refractivity (Wildman–Crippen MR) is 72.0 cm³/mol. The topological polar surface area (TPSA) is 78.4 Å². The predicted octanol–water partition coefficient (Wildman–Crippen LogP) is 1.25. The molecule has 1 saturated heterocycles. The quantitative estimate of drug-likeness (QED) is 0.763. The molecule has 1 amide bonds. The maximum absolute atomic E-state index is 12.0. The summed E-state index contributed by atoms with van der Waals surface area (Å²) in [6.45, 7) is 1.70. The van der Waals surface area contributed by atoms with E-state index >= 15 is 0 Å². The minimum absolute atomic E-state index is 0.000765. The third-order valence-electron chi connectivity index (χ3n) is 3.24. The summed E-state index contributed by atoms with van der Waals surface area (Å²) in [6.07, 6.45) is 1.94. The van der Waals surface area contributed by atoms with Crippen LogP contribution in [0.2, 0.25) is 0 Å². The molecule has 3 N–H and O–H groups in total. The van der Waals surface area contributed by atoms with E-state index in [1.165, 1.54) is 0 Å². The van der Waals surface area contributed by atoms with E-state index in [9.17, 15) is 9.59 Å². The molecule has 1 aliphatic rings. The largest absolute Gasteiger partial charge is 0.481 e. The number of hydrogen-bond donors (Lipinski definition) is 3. The Kier molecular flexibility index (Phi) is 4.52. The molecule has 0 aliphatic carbocycles. The molecule has 1 aromatic carbocycles. The highest BCUT2D eigenvalue weighted by Gasteiger charge is 2.20. The molecule has 19 heavy (non-hydrogen) atoms.